The Morgan fingerprint density at radius 3 is 2.47 bits per heavy atom. The molecular weight excluding hydrogens is 495 g/mol. The van der Waals surface area contributed by atoms with E-state index in [-0.39, 0.29) is 39.4 Å². The number of nitrogens with zero attached hydrogens (tertiary/aromatic N) is 2. The maximum atomic E-state index is 12.6. The van der Waals surface area contributed by atoms with Crippen LogP contribution in [0.4, 0.5) is 5.13 Å². The first kappa shape index (κ1) is 21.6. The van der Waals surface area contributed by atoms with Crippen molar-refractivity contribution >= 4 is 63.1 Å². The molecule has 3 atom stereocenters. The first-order valence-corrected chi connectivity index (χ1v) is 11.8. The second-order valence-corrected chi connectivity index (χ2v) is 10.1. The summed E-state index contributed by atoms with van der Waals surface area (Å²) < 4.78 is 0. The molecule has 166 valence electrons. The predicted octanol–water partition coefficient (Wildman–Crippen LogP) is 4.97. The lowest BCUT2D eigenvalue weighted by Gasteiger charge is -2.19. The molecule has 1 amide bonds. The second kappa shape index (κ2) is 7.95. The number of H-pyrrole nitrogens is 1. The van der Waals surface area contributed by atoms with Gasteiger partial charge < -0.3 is 20.3 Å². The molecule has 2 fully saturated rings. The molecule has 0 spiro atoms. The van der Waals surface area contributed by atoms with E-state index in [4.69, 9.17) is 34.8 Å². The summed E-state index contributed by atoms with van der Waals surface area (Å²) in [7, 11) is 0. The number of aromatic carboxylic acids is 1. The zero-order valence-corrected chi connectivity index (χ0v) is 19.7. The zero-order chi connectivity index (χ0) is 22.7. The molecule has 2 aromatic heterocycles. The van der Waals surface area contributed by atoms with E-state index in [2.05, 4.69) is 20.2 Å². The van der Waals surface area contributed by atoms with Crippen LogP contribution in [0.15, 0.2) is 24.3 Å². The summed E-state index contributed by atoms with van der Waals surface area (Å²) in [5.41, 5.74) is 1.89. The van der Waals surface area contributed by atoms with Crippen molar-refractivity contribution in [3.8, 4) is 11.3 Å². The SMILES string of the molecule is Cc1[nH]c(C(=O)N[C@H]2[C@@H]3CN(c4nc(-c5ccccc5Cl)c(C(=O)O)s4)C[C@@H]32)c(Cl)c1Cl. The number of carbonyl (C=O) groups excluding carboxylic acids is 1. The number of halogens is 3. The molecule has 3 N–H and O–H groups in total. The normalized spacial score (nSPS) is 21.5. The number of amides is 1. The monoisotopic (exact) mass is 510 g/mol. The molecular formula is C21H17Cl3N4O3S. The fourth-order valence-electron chi connectivity index (χ4n) is 4.27. The molecule has 32 heavy (non-hydrogen) atoms. The largest absolute Gasteiger partial charge is 0.477 e. The number of hydrogen-bond acceptors (Lipinski definition) is 5. The summed E-state index contributed by atoms with van der Waals surface area (Å²) in [5, 5.41) is 14.4. The van der Waals surface area contributed by atoms with Crippen LogP contribution in [-0.2, 0) is 0 Å². The molecule has 11 heteroatoms. The molecule has 1 aliphatic heterocycles. The highest BCUT2D eigenvalue weighted by Gasteiger charge is 2.57. The number of thiazole rings is 1. The Balaban J connectivity index is 1.29. The number of aromatic nitrogens is 2. The molecule has 3 heterocycles. The minimum Gasteiger partial charge on any atom is -0.477 e. The van der Waals surface area contributed by atoms with E-state index in [1.165, 1.54) is 0 Å². The number of aromatic amines is 1. The summed E-state index contributed by atoms with van der Waals surface area (Å²) >= 11 is 19.6. The van der Waals surface area contributed by atoms with Gasteiger partial charge in [0, 0.05) is 42.2 Å². The number of piperidine rings is 1. The summed E-state index contributed by atoms with van der Waals surface area (Å²) in [6.45, 7) is 3.12. The van der Waals surface area contributed by atoms with E-state index in [1.807, 2.05) is 0 Å². The average molecular weight is 512 g/mol. The summed E-state index contributed by atoms with van der Waals surface area (Å²) in [6.07, 6.45) is 0. The first-order valence-electron chi connectivity index (χ1n) is 9.84. The summed E-state index contributed by atoms with van der Waals surface area (Å²) in [4.78, 5) is 34.2. The van der Waals surface area contributed by atoms with E-state index >= 15 is 0 Å². The number of fused-ring (bicyclic) bond motifs is 1. The minimum atomic E-state index is -1.03. The number of aryl methyl sites for hydroxylation is 1. The molecule has 1 aliphatic carbocycles. The van der Waals surface area contributed by atoms with Crippen LogP contribution in [0.3, 0.4) is 0 Å². The van der Waals surface area contributed by atoms with Gasteiger partial charge in [-0.3, -0.25) is 4.79 Å². The van der Waals surface area contributed by atoms with E-state index in [0.717, 1.165) is 11.3 Å². The standard InChI is InChI=1S/C21H17Cl3N4O3S/c1-8-13(23)14(24)17(25-8)19(29)26-15-10-6-28(7-11(10)15)21-27-16(18(32-21)20(30)31)9-4-2-3-5-12(9)22/h2-5,10-11,15,25H,6-7H2,1H3,(H,26,29)(H,30,31)/t10-,11+,15+. The van der Waals surface area contributed by atoms with Gasteiger partial charge in [-0.1, -0.05) is 64.3 Å². The van der Waals surface area contributed by atoms with E-state index < -0.39 is 5.97 Å². The third-order valence-corrected chi connectivity index (χ3v) is 8.36. The van der Waals surface area contributed by atoms with Crippen LogP contribution >= 0.6 is 46.1 Å². The fraction of sp³-hybridized carbons (Fsp3) is 0.286. The number of rotatable bonds is 5. The van der Waals surface area contributed by atoms with Gasteiger partial charge in [-0.25, -0.2) is 9.78 Å². The highest BCUT2D eigenvalue weighted by molar-refractivity contribution is 7.17. The lowest BCUT2D eigenvalue weighted by Crippen LogP contribution is -2.34. The van der Waals surface area contributed by atoms with Crippen molar-refractivity contribution in [1.82, 2.24) is 15.3 Å². The Morgan fingerprint density at radius 2 is 1.88 bits per heavy atom. The van der Waals surface area contributed by atoms with Crippen molar-refractivity contribution < 1.29 is 14.7 Å². The third-order valence-electron chi connectivity index (χ3n) is 5.98. The van der Waals surface area contributed by atoms with Crippen molar-refractivity contribution in [3.63, 3.8) is 0 Å². The molecule has 0 radical (unpaired) electrons. The Hall–Kier alpha value is -2.26. The molecule has 0 bridgehead atoms. The van der Waals surface area contributed by atoms with Crippen LogP contribution < -0.4 is 10.2 Å². The molecule has 5 rings (SSSR count). The summed E-state index contributed by atoms with van der Waals surface area (Å²) in [6, 6.07) is 7.11. The highest BCUT2D eigenvalue weighted by Crippen LogP contribution is 2.48. The number of anilines is 1. The van der Waals surface area contributed by atoms with E-state index in [9.17, 15) is 14.7 Å². The molecule has 1 saturated heterocycles. The maximum Gasteiger partial charge on any atom is 0.348 e. The smallest absolute Gasteiger partial charge is 0.348 e. The molecule has 3 aromatic rings. The van der Waals surface area contributed by atoms with Crippen LogP contribution in [0.25, 0.3) is 11.3 Å². The molecule has 1 saturated carbocycles. The van der Waals surface area contributed by atoms with Gasteiger partial charge in [0.25, 0.3) is 5.91 Å². The van der Waals surface area contributed by atoms with Crippen molar-refractivity contribution in [1.29, 1.82) is 0 Å². The van der Waals surface area contributed by atoms with E-state index in [0.29, 0.717) is 45.2 Å². The highest BCUT2D eigenvalue weighted by atomic mass is 35.5. The van der Waals surface area contributed by atoms with Crippen molar-refractivity contribution in [2.45, 2.75) is 13.0 Å². The Labute approximate surface area is 202 Å². The third kappa shape index (κ3) is 3.55. The Morgan fingerprint density at radius 1 is 1.19 bits per heavy atom. The number of nitrogens with one attached hydrogen (secondary N) is 2. The Kier molecular flexibility index (Phi) is 5.36. The van der Waals surface area contributed by atoms with Crippen molar-refractivity contribution in [2.24, 2.45) is 11.8 Å². The van der Waals surface area contributed by atoms with Crippen molar-refractivity contribution in [2.75, 3.05) is 18.0 Å². The van der Waals surface area contributed by atoms with Gasteiger partial charge in [-0.05, 0) is 13.0 Å². The molecule has 2 aliphatic rings. The van der Waals surface area contributed by atoms with Crippen LogP contribution in [0.2, 0.25) is 15.1 Å². The molecule has 0 unspecified atom stereocenters. The van der Waals surface area contributed by atoms with Crippen LogP contribution in [-0.4, -0.2) is 46.1 Å². The second-order valence-electron chi connectivity index (χ2n) is 7.94. The lowest BCUT2D eigenvalue weighted by atomic mass is 10.1. The molecule has 7 nitrogen and oxygen atoms in total. The number of hydrogen-bond donors (Lipinski definition) is 3. The van der Waals surface area contributed by atoms with Gasteiger partial charge in [-0.15, -0.1) is 0 Å². The Bertz CT molecular complexity index is 1250. The lowest BCUT2D eigenvalue weighted by molar-refractivity contribution is 0.0702. The predicted molar refractivity (Wildman–Crippen MR) is 126 cm³/mol. The van der Waals surface area contributed by atoms with Gasteiger partial charge in [0.2, 0.25) is 0 Å². The number of carboxylic acids is 1. The molecule has 1 aromatic carbocycles. The average Bonchev–Trinajstić information content (AvgIpc) is 3.15. The number of carbonyl (C=O) groups is 2. The topological polar surface area (TPSA) is 98.3 Å². The van der Waals surface area contributed by atoms with Crippen LogP contribution in [0.5, 0.6) is 0 Å². The minimum absolute atomic E-state index is 0.0409. The van der Waals surface area contributed by atoms with E-state index in [1.54, 1.807) is 31.2 Å². The quantitative estimate of drug-likeness (QED) is 0.449. The number of carboxylic acid groups (broad SMARTS) is 1. The first-order chi connectivity index (χ1) is 15.3. The van der Waals surface area contributed by atoms with Gasteiger partial charge in [0.15, 0.2) is 5.13 Å². The van der Waals surface area contributed by atoms with Crippen LogP contribution in [0.1, 0.15) is 25.9 Å². The van der Waals surface area contributed by atoms with Gasteiger partial charge in [0.1, 0.15) is 10.6 Å². The summed E-state index contributed by atoms with van der Waals surface area (Å²) in [5.74, 6) is -0.773. The van der Waals surface area contributed by atoms with Gasteiger partial charge in [0.05, 0.1) is 20.8 Å². The zero-order valence-electron chi connectivity index (χ0n) is 16.7. The van der Waals surface area contributed by atoms with Gasteiger partial charge >= 0.3 is 5.97 Å². The fourth-order valence-corrected chi connectivity index (χ4v) is 5.85. The maximum absolute atomic E-state index is 12.6. The van der Waals surface area contributed by atoms with Gasteiger partial charge in [-0.2, -0.15) is 0 Å². The van der Waals surface area contributed by atoms with Crippen molar-refractivity contribution in [3.05, 3.63) is 55.6 Å². The number of benzene rings is 1. The van der Waals surface area contributed by atoms with Crippen LogP contribution in [0, 0.1) is 18.8 Å².